The molecule has 1 N–H and O–H groups in total. The molecule has 1 amide bonds. The van der Waals surface area contributed by atoms with Crippen LogP contribution in [0.15, 0.2) is 30.6 Å². The molecule has 0 fully saturated rings. The van der Waals surface area contributed by atoms with E-state index in [0.29, 0.717) is 34.5 Å². The van der Waals surface area contributed by atoms with E-state index in [-0.39, 0.29) is 17.8 Å². The van der Waals surface area contributed by atoms with E-state index in [1.54, 1.807) is 17.7 Å². The average Bonchev–Trinajstić information content (AvgIpc) is 3.32. The predicted molar refractivity (Wildman–Crippen MR) is 139 cm³/mol. The maximum atomic E-state index is 13.8. The van der Waals surface area contributed by atoms with Gasteiger partial charge in [-0.15, -0.1) is 0 Å². The molecule has 1 aromatic carbocycles. The second-order valence-corrected chi connectivity index (χ2v) is 16.2. The number of aryl methyl sites for hydroxylation is 1. The average molecular weight is 533 g/mol. The van der Waals surface area contributed by atoms with Crippen molar-refractivity contribution in [1.82, 2.24) is 29.6 Å². The Morgan fingerprint density at radius 2 is 2.00 bits per heavy atom. The van der Waals surface area contributed by atoms with Crippen LogP contribution in [-0.4, -0.2) is 56.9 Å². The third-order valence-electron chi connectivity index (χ3n) is 6.20. The highest BCUT2D eigenvalue weighted by Gasteiger charge is 2.32. The molecule has 37 heavy (non-hydrogen) atoms. The molecule has 12 heteroatoms. The van der Waals surface area contributed by atoms with Crippen LogP contribution in [0.1, 0.15) is 24.2 Å². The molecule has 0 aliphatic heterocycles. The van der Waals surface area contributed by atoms with Gasteiger partial charge in [-0.05, 0) is 31.2 Å². The first-order valence-electron chi connectivity index (χ1n) is 12.0. The van der Waals surface area contributed by atoms with Crippen molar-refractivity contribution in [2.75, 3.05) is 6.61 Å². The molecule has 0 saturated carbocycles. The summed E-state index contributed by atoms with van der Waals surface area (Å²) < 4.78 is 50.4. The first-order chi connectivity index (χ1) is 17.2. The van der Waals surface area contributed by atoms with Crippen LogP contribution in [0.25, 0.3) is 33.5 Å². The lowest BCUT2D eigenvalue weighted by Gasteiger charge is -2.20. The van der Waals surface area contributed by atoms with Gasteiger partial charge in [0.15, 0.2) is 5.65 Å². The van der Waals surface area contributed by atoms with Gasteiger partial charge in [0.05, 0.1) is 23.3 Å². The Labute approximate surface area is 213 Å². The number of fused-ring (bicyclic) bond motifs is 2. The number of alkyl halides is 2. The Bertz CT molecular complexity index is 1450. The number of hydrogen-bond acceptors (Lipinski definition) is 5. The molecule has 0 bridgehead atoms. The summed E-state index contributed by atoms with van der Waals surface area (Å²) in [6, 6.07) is 3.88. The minimum atomic E-state index is -3.10. The van der Waals surface area contributed by atoms with Gasteiger partial charge in [0.25, 0.3) is 11.8 Å². The molecular formula is C25H31F3N6O2Si. The molecule has 0 saturated heterocycles. The highest BCUT2D eigenvalue weighted by molar-refractivity contribution is 6.76. The Balaban J connectivity index is 1.75. The van der Waals surface area contributed by atoms with Crippen LogP contribution < -0.4 is 5.32 Å². The van der Waals surface area contributed by atoms with Crippen LogP contribution >= 0.6 is 0 Å². The second-order valence-electron chi connectivity index (χ2n) is 10.6. The Morgan fingerprint density at radius 1 is 1.27 bits per heavy atom. The first-order valence-corrected chi connectivity index (χ1v) is 15.7. The maximum Gasteiger partial charge on any atom is 0.264 e. The molecule has 4 aromatic rings. The quantitative estimate of drug-likeness (QED) is 0.236. The van der Waals surface area contributed by atoms with E-state index >= 15 is 0 Å². The van der Waals surface area contributed by atoms with Crippen molar-refractivity contribution in [3.8, 4) is 11.4 Å². The standard InChI is InChI=1S/C25H31F3N6O2Si/c1-15(25(2,27)28)30-24(35)18-13-34(14-36-9-10-37(4,5)6)23-22(18)31-19(12-29-23)21-17-8-7-16(26)11-20(17)33(3)32-21/h7-8,11-13,15H,9-10,14H2,1-6H3,(H,30,35)/t15-/m1/s1. The van der Waals surface area contributed by atoms with Gasteiger partial charge in [-0.3, -0.25) is 9.48 Å². The van der Waals surface area contributed by atoms with Gasteiger partial charge in [0, 0.05) is 40.2 Å². The third-order valence-corrected chi connectivity index (χ3v) is 7.90. The molecule has 0 unspecified atom stereocenters. The van der Waals surface area contributed by atoms with Gasteiger partial charge in [-0.25, -0.2) is 23.1 Å². The fraction of sp³-hybridized carbons (Fsp3) is 0.440. The summed E-state index contributed by atoms with van der Waals surface area (Å²) >= 11 is 0. The number of rotatable bonds is 9. The zero-order chi connectivity index (χ0) is 27.1. The van der Waals surface area contributed by atoms with E-state index in [0.717, 1.165) is 13.0 Å². The van der Waals surface area contributed by atoms with Crippen LogP contribution in [-0.2, 0) is 18.5 Å². The van der Waals surface area contributed by atoms with Crippen molar-refractivity contribution in [2.45, 2.75) is 58.2 Å². The van der Waals surface area contributed by atoms with Crippen molar-refractivity contribution in [1.29, 1.82) is 0 Å². The number of carbonyl (C=O) groups excluding carboxylic acids is 1. The minimum absolute atomic E-state index is 0.0977. The van der Waals surface area contributed by atoms with Crippen molar-refractivity contribution >= 4 is 36.0 Å². The van der Waals surface area contributed by atoms with Gasteiger partial charge in [0.2, 0.25) is 0 Å². The normalized spacial score (nSPS) is 13.4. The number of hydrogen-bond donors (Lipinski definition) is 1. The molecule has 0 aliphatic rings. The Morgan fingerprint density at radius 3 is 2.68 bits per heavy atom. The van der Waals surface area contributed by atoms with Gasteiger partial charge in [-0.2, -0.15) is 5.10 Å². The van der Waals surface area contributed by atoms with Crippen LogP contribution in [0, 0.1) is 5.82 Å². The number of nitrogens with zero attached hydrogens (tertiary/aromatic N) is 5. The summed E-state index contributed by atoms with van der Waals surface area (Å²) in [4.78, 5) is 22.3. The largest absolute Gasteiger partial charge is 0.361 e. The first kappa shape index (κ1) is 26.8. The summed E-state index contributed by atoms with van der Waals surface area (Å²) in [6.45, 7) is 9.42. The number of ether oxygens (including phenoxy) is 1. The topological polar surface area (TPSA) is 86.9 Å². The third kappa shape index (κ3) is 5.85. The lowest BCUT2D eigenvalue weighted by atomic mass is 10.1. The molecule has 8 nitrogen and oxygen atoms in total. The van der Waals surface area contributed by atoms with Crippen molar-refractivity contribution < 1.29 is 22.7 Å². The van der Waals surface area contributed by atoms with Gasteiger partial charge in [0.1, 0.15) is 29.5 Å². The van der Waals surface area contributed by atoms with Crippen LogP contribution in [0.5, 0.6) is 0 Å². The molecule has 1 atom stereocenters. The maximum absolute atomic E-state index is 13.8. The van der Waals surface area contributed by atoms with Gasteiger partial charge < -0.3 is 14.6 Å². The van der Waals surface area contributed by atoms with Crippen molar-refractivity contribution in [3.63, 3.8) is 0 Å². The molecular weight excluding hydrogens is 501 g/mol. The zero-order valence-electron chi connectivity index (χ0n) is 21.8. The molecule has 3 aromatic heterocycles. The van der Waals surface area contributed by atoms with Crippen molar-refractivity contribution in [3.05, 3.63) is 42.0 Å². The number of benzene rings is 1. The molecule has 4 rings (SSSR count). The lowest BCUT2D eigenvalue weighted by Crippen LogP contribution is -2.43. The Hall–Kier alpha value is -3.25. The van der Waals surface area contributed by atoms with E-state index < -0.39 is 31.8 Å². The number of aromatic nitrogens is 5. The SMILES string of the molecule is C[C@@H](NC(=O)c1cn(COCC[Si](C)(C)C)c2ncc(-c3nn(C)c4cc(F)ccc34)nc12)C(C)(F)F. The van der Waals surface area contributed by atoms with E-state index in [1.165, 1.54) is 36.1 Å². The van der Waals surface area contributed by atoms with E-state index in [1.807, 2.05) is 0 Å². The monoisotopic (exact) mass is 532 g/mol. The number of carbonyl (C=O) groups is 1. The second kappa shape index (κ2) is 9.90. The van der Waals surface area contributed by atoms with E-state index in [2.05, 4.69) is 40.0 Å². The van der Waals surface area contributed by atoms with Gasteiger partial charge in [-0.1, -0.05) is 19.6 Å². The summed E-state index contributed by atoms with van der Waals surface area (Å²) in [5.41, 5.74) is 2.11. The molecule has 198 valence electrons. The van der Waals surface area contributed by atoms with E-state index in [9.17, 15) is 18.0 Å². The fourth-order valence-corrected chi connectivity index (χ4v) is 4.55. The van der Waals surface area contributed by atoms with Gasteiger partial charge >= 0.3 is 0 Å². The number of amides is 1. The number of halogens is 3. The molecule has 0 radical (unpaired) electrons. The lowest BCUT2D eigenvalue weighted by molar-refractivity contribution is -0.0108. The highest BCUT2D eigenvalue weighted by Crippen LogP contribution is 2.29. The Kier molecular flexibility index (Phi) is 7.17. The molecule has 3 heterocycles. The van der Waals surface area contributed by atoms with E-state index in [4.69, 9.17) is 4.74 Å². The van der Waals surface area contributed by atoms with Crippen LogP contribution in [0.3, 0.4) is 0 Å². The molecule has 0 spiro atoms. The summed E-state index contributed by atoms with van der Waals surface area (Å²) in [7, 11) is 0.394. The zero-order valence-corrected chi connectivity index (χ0v) is 22.8. The van der Waals surface area contributed by atoms with Crippen LogP contribution in [0.2, 0.25) is 25.7 Å². The highest BCUT2D eigenvalue weighted by atomic mass is 28.3. The summed E-state index contributed by atoms with van der Waals surface area (Å²) in [6.07, 6.45) is 3.04. The summed E-state index contributed by atoms with van der Waals surface area (Å²) in [5.74, 6) is -4.19. The van der Waals surface area contributed by atoms with Crippen molar-refractivity contribution in [2.24, 2.45) is 7.05 Å². The summed E-state index contributed by atoms with van der Waals surface area (Å²) in [5, 5.41) is 7.50. The van der Waals surface area contributed by atoms with Crippen LogP contribution in [0.4, 0.5) is 13.2 Å². The number of nitrogens with one attached hydrogen (secondary N) is 1. The molecule has 0 aliphatic carbocycles. The predicted octanol–water partition coefficient (Wildman–Crippen LogP) is 5.21. The minimum Gasteiger partial charge on any atom is -0.361 e. The smallest absolute Gasteiger partial charge is 0.264 e. The fourth-order valence-electron chi connectivity index (χ4n) is 3.79.